The summed E-state index contributed by atoms with van der Waals surface area (Å²) in [6.07, 6.45) is 0. The van der Waals surface area contributed by atoms with Crippen LogP contribution in [0.2, 0.25) is 0 Å². The first-order valence-electron chi connectivity index (χ1n) is 12.5. The van der Waals surface area contributed by atoms with E-state index >= 15 is 0 Å². The molecule has 0 spiro atoms. The average Bonchev–Trinajstić information content (AvgIpc) is 3.29. The molecular formula is C34H21N3. The first-order valence-corrected chi connectivity index (χ1v) is 12.5. The maximum atomic E-state index is 5.28. The van der Waals surface area contributed by atoms with Crippen LogP contribution in [0, 0.1) is 0 Å². The van der Waals surface area contributed by atoms with E-state index in [9.17, 15) is 0 Å². The largest absolute Gasteiger partial charge is 0.291 e. The summed E-state index contributed by atoms with van der Waals surface area (Å²) in [6, 6.07) is 44.8. The van der Waals surface area contributed by atoms with Gasteiger partial charge in [0, 0.05) is 21.7 Å². The third-order valence-corrected chi connectivity index (χ3v) is 7.33. The van der Waals surface area contributed by atoms with Crippen molar-refractivity contribution in [3.05, 3.63) is 127 Å². The predicted octanol–water partition coefficient (Wildman–Crippen LogP) is 8.70. The maximum Gasteiger partial charge on any atom is 0.165 e. The number of fused-ring (bicyclic) bond motifs is 7. The second-order valence-corrected chi connectivity index (χ2v) is 9.49. The smallest absolute Gasteiger partial charge is 0.165 e. The molecule has 0 aliphatic heterocycles. The van der Waals surface area contributed by atoms with Crippen molar-refractivity contribution in [2.24, 2.45) is 0 Å². The Morgan fingerprint density at radius 1 is 0.459 bits per heavy atom. The van der Waals surface area contributed by atoms with E-state index in [-0.39, 0.29) is 0 Å². The van der Waals surface area contributed by atoms with Crippen molar-refractivity contribution in [2.45, 2.75) is 0 Å². The van der Waals surface area contributed by atoms with Gasteiger partial charge in [-0.3, -0.25) is 4.57 Å². The molecule has 8 aromatic rings. The van der Waals surface area contributed by atoms with Gasteiger partial charge in [-0.15, -0.1) is 0 Å². The molecule has 3 heteroatoms. The molecule has 0 radical (unpaired) electrons. The van der Waals surface area contributed by atoms with Crippen LogP contribution in [0.15, 0.2) is 127 Å². The number of hydrogen-bond acceptors (Lipinski definition) is 2. The Balaban J connectivity index is 1.63. The number of benzene rings is 6. The molecule has 0 aliphatic carbocycles. The SMILES string of the molecule is c1ccc(-c2nc3ccccc3nc2-n2c3cc4ccccc4cc3c3ccc4ccccc4c32)cc1. The molecule has 0 unspecified atom stereocenters. The van der Waals surface area contributed by atoms with Gasteiger partial charge in [0.2, 0.25) is 0 Å². The third kappa shape index (κ3) is 3.01. The lowest BCUT2D eigenvalue weighted by atomic mass is 10.0. The van der Waals surface area contributed by atoms with Crippen LogP contribution < -0.4 is 0 Å². The standard InChI is InChI=1S/C34H21N3/c1-2-11-23(12-3-1)32-34(36-30-17-9-8-16-29(30)35-32)37-31-21-25-14-5-4-13-24(25)20-28(31)27-19-18-22-10-6-7-15-26(22)33(27)37/h1-21H. The number of para-hydroxylation sites is 2. The van der Waals surface area contributed by atoms with Crippen LogP contribution in [-0.4, -0.2) is 14.5 Å². The molecule has 0 bridgehead atoms. The first kappa shape index (κ1) is 20.2. The second-order valence-electron chi connectivity index (χ2n) is 9.49. The van der Waals surface area contributed by atoms with E-state index in [0.717, 1.165) is 39.1 Å². The van der Waals surface area contributed by atoms with Gasteiger partial charge in [-0.2, -0.15) is 0 Å². The lowest BCUT2D eigenvalue weighted by Crippen LogP contribution is -2.04. The van der Waals surface area contributed by atoms with Crippen LogP contribution >= 0.6 is 0 Å². The van der Waals surface area contributed by atoms with Crippen molar-refractivity contribution in [1.82, 2.24) is 14.5 Å². The monoisotopic (exact) mass is 471 g/mol. The van der Waals surface area contributed by atoms with E-state index in [4.69, 9.17) is 9.97 Å². The average molecular weight is 472 g/mol. The van der Waals surface area contributed by atoms with Crippen molar-refractivity contribution in [1.29, 1.82) is 0 Å². The molecule has 0 saturated carbocycles. The van der Waals surface area contributed by atoms with Gasteiger partial charge < -0.3 is 0 Å². The summed E-state index contributed by atoms with van der Waals surface area (Å²) in [5.74, 6) is 0.844. The highest BCUT2D eigenvalue weighted by atomic mass is 15.1. The molecule has 0 amide bonds. The Bertz CT molecular complexity index is 2140. The zero-order valence-electron chi connectivity index (χ0n) is 20.0. The molecule has 0 N–H and O–H groups in total. The molecule has 3 nitrogen and oxygen atoms in total. The molecule has 2 heterocycles. The highest BCUT2D eigenvalue weighted by Crippen LogP contribution is 2.40. The first-order chi connectivity index (χ1) is 18.3. The Hall–Kier alpha value is -5.02. The fraction of sp³-hybridized carbons (Fsp3) is 0. The Kier molecular flexibility index (Phi) is 4.23. The van der Waals surface area contributed by atoms with Crippen LogP contribution in [0.5, 0.6) is 0 Å². The van der Waals surface area contributed by atoms with Crippen LogP contribution in [0.3, 0.4) is 0 Å². The minimum atomic E-state index is 0.844. The van der Waals surface area contributed by atoms with E-state index < -0.39 is 0 Å². The van der Waals surface area contributed by atoms with Crippen molar-refractivity contribution >= 4 is 54.4 Å². The van der Waals surface area contributed by atoms with Gasteiger partial charge in [-0.05, 0) is 40.4 Å². The summed E-state index contributed by atoms with van der Waals surface area (Å²) >= 11 is 0. The summed E-state index contributed by atoms with van der Waals surface area (Å²) in [5.41, 5.74) is 5.98. The topological polar surface area (TPSA) is 30.7 Å². The molecule has 6 aromatic carbocycles. The minimum Gasteiger partial charge on any atom is -0.291 e. The lowest BCUT2D eigenvalue weighted by molar-refractivity contribution is 1.08. The van der Waals surface area contributed by atoms with Gasteiger partial charge in [0.25, 0.3) is 0 Å². The molecule has 0 fully saturated rings. The Morgan fingerprint density at radius 3 is 1.92 bits per heavy atom. The quantitative estimate of drug-likeness (QED) is 0.252. The van der Waals surface area contributed by atoms with Crippen molar-refractivity contribution < 1.29 is 0 Å². The fourth-order valence-corrected chi connectivity index (χ4v) is 5.62. The van der Waals surface area contributed by atoms with E-state index in [1.165, 1.54) is 32.3 Å². The van der Waals surface area contributed by atoms with Crippen LogP contribution in [-0.2, 0) is 0 Å². The fourth-order valence-electron chi connectivity index (χ4n) is 5.62. The summed E-state index contributed by atoms with van der Waals surface area (Å²) in [6.45, 7) is 0. The van der Waals surface area contributed by atoms with Crippen molar-refractivity contribution in [3.8, 4) is 17.1 Å². The highest BCUT2D eigenvalue weighted by molar-refractivity contribution is 6.20. The third-order valence-electron chi connectivity index (χ3n) is 7.33. The molecular weight excluding hydrogens is 450 g/mol. The molecule has 8 rings (SSSR count). The van der Waals surface area contributed by atoms with Gasteiger partial charge in [0.05, 0.1) is 22.1 Å². The summed E-state index contributed by atoms with van der Waals surface area (Å²) in [7, 11) is 0. The Morgan fingerprint density at radius 2 is 1.11 bits per heavy atom. The molecule has 0 aliphatic rings. The van der Waals surface area contributed by atoms with Gasteiger partial charge in [0.1, 0.15) is 5.69 Å². The zero-order chi connectivity index (χ0) is 24.3. The molecule has 0 atom stereocenters. The molecule has 0 saturated heterocycles. The molecule has 172 valence electrons. The van der Waals surface area contributed by atoms with Crippen molar-refractivity contribution in [2.75, 3.05) is 0 Å². The highest BCUT2D eigenvalue weighted by Gasteiger charge is 2.21. The number of hydrogen-bond donors (Lipinski definition) is 0. The van der Waals surface area contributed by atoms with Crippen LogP contribution in [0.1, 0.15) is 0 Å². The maximum absolute atomic E-state index is 5.28. The number of nitrogens with zero attached hydrogens (tertiary/aromatic N) is 3. The van der Waals surface area contributed by atoms with E-state index in [1.807, 2.05) is 30.3 Å². The Labute approximate surface area is 213 Å². The molecule has 37 heavy (non-hydrogen) atoms. The van der Waals surface area contributed by atoms with Crippen LogP contribution in [0.25, 0.3) is 71.5 Å². The molecule has 2 aromatic heterocycles. The number of aromatic nitrogens is 3. The van der Waals surface area contributed by atoms with Gasteiger partial charge in [-0.25, -0.2) is 9.97 Å². The number of rotatable bonds is 2. The normalized spacial score (nSPS) is 11.8. The predicted molar refractivity (Wildman–Crippen MR) is 154 cm³/mol. The van der Waals surface area contributed by atoms with Gasteiger partial charge >= 0.3 is 0 Å². The van der Waals surface area contributed by atoms with Gasteiger partial charge in [0.15, 0.2) is 5.82 Å². The van der Waals surface area contributed by atoms with Crippen molar-refractivity contribution in [3.63, 3.8) is 0 Å². The zero-order valence-corrected chi connectivity index (χ0v) is 20.0. The second kappa shape index (κ2) is 7.74. The van der Waals surface area contributed by atoms with E-state index in [1.54, 1.807) is 0 Å². The summed E-state index contributed by atoms with van der Waals surface area (Å²) < 4.78 is 2.33. The van der Waals surface area contributed by atoms with E-state index in [0.29, 0.717) is 0 Å². The van der Waals surface area contributed by atoms with Crippen LogP contribution in [0.4, 0.5) is 0 Å². The summed E-state index contributed by atoms with van der Waals surface area (Å²) in [5, 5.41) is 7.28. The summed E-state index contributed by atoms with van der Waals surface area (Å²) in [4.78, 5) is 10.5. The minimum absolute atomic E-state index is 0.844. The lowest BCUT2D eigenvalue weighted by Gasteiger charge is -2.14. The van der Waals surface area contributed by atoms with E-state index in [2.05, 4.69) is 102 Å². The van der Waals surface area contributed by atoms with Gasteiger partial charge in [-0.1, -0.05) is 103 Å².